The number of amides is 1. The van der Waals surface area contributed by atoms with Crippen LogP contribution in [0.1, 0.15) is 37.2 Å². The number of likely N-dealkylation sites (tertiary alicyclic amines) is 2. The van der Waals surface area contributed by atoms with Crippen LogP contribution >= 0.6 is 11.6 Å². The topological polar surface area (TPSA) is 28.5 Å². The molecule has 0 bridgehead atoms. The SMILES string of the molecule is O=C1CCCN1CCN1CCC(c2cn(-c3ccc(F)cc3)c3ccc(Cl)cc23)CC1. The summed E-state index contributed by atoms with van der Waals surface area (Å²) in [6.07, 6.45) is 6.09. The number of benzene rings is 2. The van der Waals surface area contributed by atoms with Crippen molar-refractivity contribution in [2.45, 2.75) is 31.6 Å². The van der Waals surface area contributed by atoms with Crippen molar-refractivity contribution in [3.8, 4) is 5.69 Å². The summed E-state index contributed by atoms with van der Waals surface area (Å²) in [5.74, 6) is 0.541. The molecule has 2 aliphatic rings. The molecule has 4 nitrogen and oxygen atoms in total. The Morgan fingerprint density at radius 1 is 1.00 bits per heavy atom. The largest absolute Gasteiger partial charge is 0.341 e. The molecule has 3 aromatic rings. The highest BCUT2D eigenvalue weighted by Gasteiger charge is 2.26. The normalized spacial score (nSPS) is 18.4. The molecule has 0 radical (unpaired) electrons. The van der Waals surface area contributed by atoms with E-state index in [-0.39, 0.29) is 5.82 Å². The van der Waals surface area contributed by atoms with Crippen molar-refractivity contribution in [3.63, 3.8) is 0 Å². The molecule has 0 unspecified atom stereocenters. The maximum absolute atomic E-state index is 13.4. The molecular formula is C25H27ClFN3O. The van der Waals surface area contributed by atoms with E-state index in [4.69, 9.17) is 11.6 Å². The van der Waals surface area contributed by atoms with Crippen molar-refractivity contribution in [1.82, 2.24) is 14.4 Å². The van der Waals surface area contributed by atoms with E-state index in [1.165, 1.54) is 23.1 Å². The first-order chi connectivity index (χ1) is 15.1. The number of carbonyl (C=O) groups excluding carboxylic acids is 1. The van der Waals surface area contributed by atoms with Crippen LogP contribution in [0.2, 0.25) is 5.02 Å². The van der Waals surface area contributed by atoms with Crippen molar-refractivity contribution >= 4 is 28.4 Å². The Morgan fingerprint density at radius 3 is 2.48 bits per heavy atom. The van der Waals surface area contributed by atoms with Gasteiger partial charge >= 0.3 is 0 Å². The lowest BCUT2D eigenvalue weighted by Gasteiger charge is -2.33. The van der Waals surface area contributed by atoms with E-state index in [1.807, 2.05) is 29.2 Å². The van der Waals surface area contributed by atoms with Crippen LogP contribution in [0, 0.1) is 5.82 Å². The van der Waals surface area contributed by atoms with Crippen molar-refractivity contribution in [2.24, 2.45) is 0 Å². The fraction of sp³-hybridized carbons (Fsp3) is 0.400. The summed E-state index contributed by atoms with van der Waals surface area (Å²) in [6, 6.07) is 12.6. The van der Waals surface area contributed by atoms with E-state index in [0.717, 1.165) is 68.2 Å². The number of nitrogens with zero attached hydrogens (tertiary/aromatic N) is 3. The maximum Gasteiger partial charge on any atom is 0.222 e. The number of hydrogen-bond acceptors (Lipinski definition) is 2. The molecule has 0 saturated carbocycles. The number of rotatable bonds is 5. The molecule has 6 heteroatoms. The molecule has 0 atom stereocenters. The molecule has 31 heavy (non-hydrogen) atoms. The van der Waals surface area contributed by atoms with E-state index in [9.17, 15) is 9.18 Å². The number of hydrogen-bond donors (Lipinski definition) is 0. The van der Waals surface area contributed by atoms with Gasteiger partial charge in [0, 0.05) is 48.3 Å². The zero-order chi connectivity index (χ0) is 21.4. The summed E-state index contributed by atoms with van der Waals surface area (Å²) in [4.78, 5) is 16.3. The van der Waals surface area contributed by atoms with E-state index in [0.29, 0.717) is 18.2 Å². The standard InChI is InChI=1S/C25H27ClFN3O/c26-19-3-8-24-22(16-19)23(17-30(24)21-6-4-20(27)5-7-21)18-9-12-28(13-10-18)14-15-29-11-1-2-25(29)31/h3-8,16-18H,1-2,9-15H2. The molecule has 0 N–H and O–H groups in total. The molecule has 2 fully saturated rings. The summed E-state index contributed by atoms with van der Waals surface area (Å²) in [5, 5.41) is 1.91. The highest BCUT2D eigenvalue weighted by atomic mass is 35.5. The fourth-order valence-corrected chi connectivity index (χ4v) is 5.21. The summed E-state index contributed by atoms with van der Waals surface area (Å²) in [5.41, 5.74) is 3.37. The molecule has 5 rings (SSSR count). The van der Waals surface area contributed by atoms with E-state index in [2.05, 4.69) is 21.7 Å². The van der Waals surface area contributed by atoms with Crippen LogP contribution < -0.4 is 0 Å². The van der Waals surface area contributed by atoms with Gasteiger partial charge in [0.2, 0.25) is 5.91 Å². The fourth-order valence-electron chi connectivity index (χ4n) is 5.04. The smallest absolute Gasteiger partial charge is 0.222 e. The Hall–Kier alpha value is -2.37. The number of carbonyl (C=O) groups is 1. The molecule has 0 aliphatic carbocycles. The molecule has 2 aliphatic heterocycles. The second-order valence-corrected chi connectivity index (χ2v) is 9.13. The Balaban J connectivity index is 1.34. The first kappa shape index (κ1) is 20.5. The lowest BCUT2D eigenvalue weighted by molar-refractivity contribution is -0.127. The van der Waals surface area contributed by atoms with Crippen LogP contribution in [0.5, 0.6) is 0 Å². The lowest BCUT2D eigenvalue weighted by atomic mass is 9.89. The van der Waals surface area contributed by atoms with Gasteiger partial charge in [-0.3, -0.25) is 4.79 Å². The molecule has 162 valence electrons. The van der Waals surface area contributed by atoms with Gasteiger partial charge in [0.25, 0.3) is 0 Å². The van der Waals surface area contributed by atoms with Gasteiger partial charge in [0.15, 0.2) is 0 Å². The molecule has 0 spiro atoms. The van der Waals surface area contributed by atoms with Crippen molar-refractivity contribution < 1.29 is 9.18 Å². The van der Waals surface area contributed by atoms with Crippen LogP contribution in [-0.4, -0.2) is 53.0 Å². The predicted octanol–water partition coefficient (Wildman–Crippen LogP) is 5.22. The van der Waals surface area contributed by atoms with Gasteiger partial charge in [-0.1, -0.05) is 11.6 Å². The van der Waals surface area contributed by atoms with Gasteiger partial charge in [0.1, 0.15) is 5.82 Å². The second-order valence-electron chi connectivity index (χ2n) is 8.69. The minimum absolute atomic E-state index is 0.230. The van der Waals surface area contributed by atoms with Gasteiger partial charge in [0.05, 0.1) is 5.52 Å². The maximum atomic E-state index is 13.4. The Bertz CT molecular complexity index is 1090. The van der Waals surface area contributed by atoms with Crippen molar-refractivity contribution in [3.05, 3.63) is 65.1 Å². The molecule has 1 amide bonds. The second kappa shape index (κ2) is 8.64. The number of aromatic nitrogens is 1. The quantitative estimate of drug-likeness (QED) is 0.545. The third-order valence-corrected chi connectivity index (χ3v) is 7.02. The zero-order valence-corrected chi connectivity index (χ0v) is 18.3. The van der Waals surface area contributed by atoms with Crippen LogP contribution in [0.25, 0.3) is 16.6 Å². The minimum atomic E-state index is -0.230. The average molecular weight is 440 g/mol. The van der Waals surface area contributed by atoms with Gasteiger partial charge in [-0.25, -0.2) is 4.39 Å². The van der Waals surface area contributed by atoms with E-state index >= 15 is 0 Å². The van der Waals surface area contributed by atoms with Crippen molar-refractivity contribution in [2.75, 3.05) is 32.7 Å². The lowest BCUT2D eigenvalue weighted by Crippen LogP contribution is -2.39. The van der Waals surface area contributed by atoms with E-state index < -0.39 is 0 Å². The number of halogens is 2. The monoisotopic (exact) mass is 439 g/mol. The van der Waals surface area contributed by atoms with E-state index in [1.54, 1.807) is 0 Å². The average Bonchev–Trinajstić information content (AvgIpc) is 3.36. The summed E-state index contributed by atoms with van der Waals surface area (Å²) >= 11 is 6.34. The van der Waals surface area contributed by atoms with Gasteiger partial charge < -0.3 is 14.4 Å². The first-order valence-corrected chi connectivity index (χ1v) is 11.5. The molecule has 2 aromatic carbocycles. The minimum Gasteiger partial charge on any atom is -0.341 e. The van der Waals surface area contributed by atoms with Crippen LogP contribution in [0.4, 0.5) is 4.39 Å². The summed E-state index contributed by atoms with van der Waals surface area (Å²) in [7, 11) is 0. The Morgan fingerprint density at radius 2 is 1.77 bits per heavy atom. The summed E-state index contributed by atoms with van der Waals surface area (Å²) < 4.78 is 15.6. The molecule has 3 heterocycles. The molecule has 2 saturated heterocycles. The Labute approximate surface area is 187 Å². The zero-order valence-electron chi connectivity index (χ0n) is 17.6. The van der Waals surface area contributed by atoms with Crippen LogP contribution in [-0.2, 0) is 4.79 Å². The van der Waals surface area contributed by atoms with Crippen molar-refractivity contribution in [1.29, 1.82) is 0 Å². The first-order valence-electron chi connectivity index (χ1n) is 11.1. The van der Waals surface area contributed by atoms with Gasteiger partial charge in [-0.05, 0) is 86.3 Å². The molecular weight excluding hydrogens is 413 g/mol. The van der Waals surface area contributed by atoms with Crippen LogP contribution in [0.15, 0.2) is 48.7 Å². The predicted molar refractivity (Wildman–Crippen MR) is 122 cm³/mol. The summed E-state index contributed by atoms with van der Waals surface area (Å²) in [6.45, 7) is 4.80. The highest BCUT2D eigenvalue weighted by Crippen LogP contribution is 2.37. The Kier molecular flexibility index (Phi) is 5.72. The number of piperidine rings is 1. The third-order valence-electron chi connectivity index (χ3n) is 6.79. The number of fused-ring (bicyclic) bond motifs is 1. The van der Waals surface area contributed by atoms with Gasteiger partial charge in [-0.2, -0.15) is 0 Å². The van der Waals surface area contributed by atoms with Crippen LogP contribution in [0.3, 0.4) is 0 Å². The third kappa shape index (κ3) is 4.21. The molecule has 1 aromatic heterocycles. The van der Waals surface area contributed by atoms with Gasteiger partial charge in [-0.15, -0.1) is 0 Å². The highest BCUT2D eigenvalue weighted by molar-refractivity contribution is 6.31.